The molecule has 0 spiro atoms. The lowest BCUT2D eigenvalue weighted by Gasteiger charge is -2.23. The maximum Gasteiger partial charge on any atom is 0.233 e. The molecule has 1 aliphatic rings. The molecule has 1 aromatic carbocycles. The number of aromatic nitrogens is 3. The topological polar surface area (TPSA) is 94.4 Å². The van der Waals surface area contributed by atoms with Crippen molar-refractivity contribution in [2.45, 2.75) is 24.2 Å². The van der Waals surface area contributed by atoms with Gasteiger partial charge in [0.1, 0.15) is 12.4 Å². The van der Waals surface area contributed by atoms with Crippen molar-refractivity contribution in [1.82, 2.24) is 19.7 Å². The summed E-state index contributed by atoms with van der Waals surface area (Å²) in [5.74, 6) is 1.51. The maximum absolute atomic E-state index is 12.4. The third-order valence-corrected chi connectivity index (χ3v) is 7.59. The van der Waals surface area contributed by atoms with Gasteiger partial charge < -0.3 is 14.2 Å². The molecule has 28 heavy (non-hydrogen) atoms. The molecule has 1 saturated heterocycles. The zero-order valence-corrected chi connectivity index (χ0v) is 17.9. The molecule has 1 aliphatic heterocycles. The van der Waals surface area contributed by atoms with Crippen molar-refractivity contribution in [2.75, 3.05) is 24.3 Å². The van der Waals surface area contributed by atoms with E-state index in [0.29, 0.717) is 28.2 Å². The van der Waals surface area contributed by atoms with Crippen molar-refractivity contribution in [3.63, 3.8) is 0 Å². The summed E-state index contributed by atoms with van der Waals surface area (Å²) < 4.78 is 30.6. The first-order valence-corrected chi connectivity index (χ1v) is 11.8. The second kappa shape index (κ2) is 8.71. The largest absolute Gasteiger partial charge is 0.486 e. The molecule has 0 saturated carbocycles. The predicted octanol–water partition coefficient (Wildman–Crippen LogP) is 1.79. The number of hydrogen-bond donors (Lipinski definition) is 0. The molecular formula is C17H21ClN4O4S2. The van der Waals surface area contributed by atoms with E-state index in [4.69, 9.17) is 16.3 Å². The zero-order valence-electron chi connectivity index (χ0n) is 15.5. The molecule has 1 amide bonds. The average Bonchev–Trinajstić information content (AvgIpc) is 3.20. The van der Waals surface area contributed by atoms with Crippen LogP contribution in [-0.4, -0.2) is 64.3 Å². The fourth-order valence-electron chi connectivity index (χ4n) is 2.79. The van der Waals surface area contributed by atoms with Gasteiger partial charge in [0.15, 0.2) is 20.8 Å². The van der Waals surface area contributed by atoms with Crippen LogP contribution in [0, 0.1) is 0 Å². The van der Waals surface area contributed by atoms with Crippen molar-refractivity contribution in [3.8, 4) is 5.75 Å². The lowest BCUT2D eigenvalue weighted by molar-refractivity contribution is -0.128. The minimum absolute atomic E-state index is 0.0378. The van der Waals surface area contributed by atoms with Gasteiger partial charge >= 0.3 is 0 Å². The van der Waals surface area contributed by atoms with Crippen LogP contribution >= 0.6 is 23.4 Å². The first-order chi connectivity index (χ1) is 13.2. The Kier molecular flexibility index (Phi) is 6.51. The smallest absolute Gasteiger partial charge is 0.233 e. The maximum atomic E-state index is 12.4. The molecule has 0 bridgehead atoms. The molecule has 0 N–H and O–H groups in total. The van der Waals surface area contributed by atoms with E-state index in [-0.39, 0.29) is 35.8 Å². The van der Waals surface area contributed by atoms with Gasteiger partial charge in [0.2, 0.25) is 5.91 Å². The summed E-state index contributed by atoms with van der Waals surface area (Å²) in [4.78, 5) is 13.9. The van der Waals surface area contributed by atoms with Crippen LogP contribution in [0.4, 0.5) is 0 Å². The lowest BCUT2D eigenvalue weighted by atomic mass is 10.2. The molecule has 152 valence electrons. The summed E-state index contributed by atoms with van der Waals surface area (Å²) in [7, 11) is 0.431. The SMILES string of the molecule is CN(C(=O)CSc1nnc(COc2ccc(Cl)cc2)n1C)[C@@H]1CCS(=O)(=O)C1. The molecule has 1 fully saturated rings. The van der Waals surface area contributed by atoms with Crippen LogP contribution in [0.2, 0.25) is 5.02 Å². The number of amides is 1. The Hall–Kier alpha value is -1.78. The fourth-order valence-corrected chi connectivity index (χ4v) is 5.54. The zero-order chi connectivity index (χ0) is 20.3. The Morgan fingerprint density at radius 1 is 1.36 bits per heavy atom. The van der Waals surface area contributed by atoms with Crippen LogP contribution in [-0.2, 0) is 28.3 Å². The number of benzene rings is 1. The van der Waals surface area contributed by atoms with E-state index in [0.717, 1.165) is 0 Å². The van der Waals surface area contributed by atoms with Crippen LogP contribution in [0.1, 0.15) is 12.2 Å². The Morgan fingerprint density at radius 3 is 2.71 bits per heavy atom. The van der Waals surface area contributed by atoms with Crippen molar-refractivity contribution >= 4 is 39.1 Å². The molecule has 0 radical (unpaired) electrons. The Labute approximate surface area is 173 Å². The van der Waals surface area contributed by atoms with E-state index in [9.17, 15) is 13.2 Å². The van der Waals surface area contributed by atoms with E-state index in [2.05, 4.69) is 10.2 Å². The number of ether oxygens (including phenoxy) is 1. The van der Waals surface area contributed by atoms with Gasteiger partial charge in [0.05, 0.1) is 17.3 Å². The van der Waals surface area contributed by atoms with Crippen molar-refractivity contribution < 1.29 is 17.9 Å². The normalized spacial score (nSPS) is 18.2. The number of sulfone groups is 1. The van der Waals surface area contributed by atoms with Crippen molar-refractivity contribution in [2.24, 2.45) is 7.05 Å². The molecule has 8 nitrogen and oxygen atoms in total. The van der Waals surface area contributed by atoms with Crippen LogP contribution in [0.25, 0.3) is 0 Å². The van der Waals surface area contributed by atoms with Gasteiger partial charge in [-0.1, -0.05) is 23.4 Å². The number of carbonyl (C=O) groups excluding carboxylic acids is 1. The highest BCUT2D eigenvalue weighted by molar-refractivity contribution is 7.99. The van der Waals surface area contributed by atoms with Crippen LogP contribution in [0.15, 0.2) is 29.4 Å². The van der Waals surface area contributed by atoms with Gasteiger partial charge in [0.25, 0.3) is 0 Å². The summed E-state index contributed by atoms with van der Waals surface area (Å²) in [6.07, 6.45) is 0.491. The molecular weight excluding hydrogens is 424 g/mol. The molecule has 2 aromatic rings. The fraction of sp³-hybridized carbons (Fsp3) is 0.471. The third-order valence-electron chi connectivity index (χ3n) is 4.58. The first-order valence-electron chi connectivity index (χ1n) is 8.61. The first kappa shape index (κ1) is 20.9. The summed E-state index contributed by atoms with van der Waals surface area (Å²) >= 11 is 7.11. The van der Waals surface area contributed by atoms with Crippen molar-refractivity contribution in [1.29, 1.82) is 0 Å². The molecule has 0 unspecified atom stereocenters. The van der Waals surface area contributed by atoms with Crippen molar-refractivity contribution in [3.05, 3.63) is 35.1 Å². The number of nitrogens with zero attached hydrogens (tertiary/aromatic N) is 4. The van der Waals surface area contributed by atoms with Gasteiger partial charge in [-0.3, -0.25) is 4.79 Å². The van der Waals surface area contributed by atoms with Gasteiger partial charge in [-0.05, 0) is 30.7 Å². The van der Waals surface area contributed by atoms with E-state index < -0.39 is 9.84 Å². The van der Waals surface area contributed by atoms with E-state index in [1.165, 1.54) is 16.7 Å². The summed E-state index contributed by atoms with van der Waals surface area (Å²) in [6.45, 7) is 0.236. The molecule has 3 rings (SSSR count). The van der Waals surface area contributed by atoms with E-state index >= 15 is 0 Å². The highest BCUT2D eigenvalue weighted by Crippen LogP contribution is 2.21. The summed E-state index contributed by atoms with van der Waals surface area (Å²) in [5.41, 5.74) is 0. The number of thioether (sulfide) groups is 1. The second-order valence-corrected chi connectivity index (χ2v) is 10.2. The van der Waals surface area contributed by atoms with Crippen LogP contribution in [0.3, 0.4) is 0 Å². The molecule has 2 heterocycles. The number of halogens is 1. The highest BCUT2D eigenvalue weighted by Gasteiger charge is 2.32. The van der Waals surface area contributed by atoms with Gasteiger partial charge in [-0.15, -0.1) is 10.2 Å². The second-order valence-electron chi connectivity index (χ2n) is 6.55. The predicted molar refractivity (Wildman–Crippen MR) is 107 cm³/mol. The molecule has 0 aliphatic carbocycles. The lowest BCUT2D eigenvalue weighted by Crippen LogP contribution is -2.38. The molecule has 11 heteroatoms. The monoisotopic (exact) mass is 444 g/mol. The average molecular weight is 445 g/mol. The minimum atomic E-state index is -3.02. The minimum Gasteiger partial charge on any atom is -0.486 e. The Morgan fingerprint density at radius 2 is 2.07 bits per heavy atom. The molecule has 1 atom stereocenters. The van der Waals surface area contributed by atoms with E-state index in [1.807, 2.05) is 0 Å². The highest BCUT2D eigenvalue weighted by atomic mass is 35.5. The van der Waals surface area contributed by atoms with Crippen LogP contribution in [0.5, 0.6) is 5.75 Å². The quantitative estimate of drug-likeness (QED) is 0.601. The summed E-state index contributed by atoms with van der Waals surface area (Å²) in [5, 5.41) is 9.43. The van der Waals surface area contributed by atoms with Crippen LogP contribution < -0.4 is 4.74 Å². The molecule has 1 aromatic heterocycles. The number of carbonyl (C=O) groups is 1. The Balaban J connectivity index is 1.52. The summed E-state index contributed by atoms with van der Waals surface area (Å²) in [6, 6.07) is 6.78. The number of hydrogen-bond acceptors (Lipinski definition) is 7. The van der Waals surface area contributed by atoms with E-state index in [1.54, 1.807) is 42.9 Å². The van der Waals surface area contributed by atoms with Gasteiger partial charge in [-0.2, -0.15) is 0 Å². The van der Waals surface area contributed by atoms with Gasteiger partial charge in [-0.25, -0.2) is 8.42 Å². The number of rotatable bonds is 7. The standard InChI is InChI=1S/C17H21ClN4O4S2/c1-21(13-7-8-28(24,25)11-13)16(23)10-27-17-20-19-15(22(17)2)9-26-14-5-3-12(18)4-6-14/h3-6,13H,7-11H2,1-2H3/t13-/m1/s1. The van der Waals surface area contributed by atoms with Gasteiger partial charge in [0, 0.05) is 25.2 Å². The third kappa shape index (κ3) is 5.18. The Bertz CT molecular complexity index is 947.